The first-order valence-corrected chi connectivity index (χ1v) is 13.1. The molecule has 2 heterocycles. The Morgan fingerprint density at radius 3 is 2.75 bits per heavy atom. The van der Waals surface area contributed by atoms with E-state index in [9.17, 15) is 19.5 Å². The lowest BCUT2D eigenvalue weighted by Gasteiger charge is -2.28. The Hall–Kier alpha value is -3.23. The zero-order valence-corrected chi connectivity index (χ0v) is 20.9. The molecular formula is C25H31N5O5S. The highest BCUT2D eigenvalue weighted by Gasteiger charge is 2.35. The van der Waals surface area contributed by atoms with Crippen LogP contribution in [0, 0.1) is 22.5 Å². The number of fused-ring (bicyclic) bond motifs is 1. The SMILES string of the molecule is COc1cccc2[nH]c(C(=O)N[C@@H](CC3CC3)C(=O)N[C@@H](C[C@@H]3CCNC3=O)C(O)CSC#N)cc12. The standard InChI is InChI=1S/C25H31N5O5S/c1-35-22-4-2-3-17-16(22)11-20(28-17)25(34)30-19(9-14-5-6-14)24(33)29-18(21(31)12-36-13-26)10-15-7-8-27-23(15)32/h2-4,11,14-15,18-19,21,28,31H,5-10,12H2,1H3,(H,27,32)(H,29,33)(H,30,34)/t15-,18-,19-,21?/m0/s1. The van der Waals surface area contributed by atoms with E-state index in [1.54, 1.807) is 13.2 Å². The molecule has 1 unspecified atom stereocenters. The van der Waals surface area contributed by atoms with Gasteiger partial charge < -0.3 is 30.8 Å². The van der Waals surface area contributed by atoms with Crippen LogP contribution in [0.3, 0.4) is 0 Å². The highest BCUT2D eigenvalue weighted by molar-refractivity contribution is 8.03. The number of aliphatic hydroxyl groups excluding tert-OH is 1. The predicted molar refractivity (Wildman–Crippen MR) is 135 cm³/mol. The molecule has 1 aliphatic carbocycles. The summed E-state index contributed by atoms with van der Waals surface area (Å²) in [4.78, 5) is 41.6. The van der Waals surface area contributed by atoms with Crippen molar-refractivity contribution in [2.45, 2.75) is 50.3 Å². The number of aromatic amines is 1. The third kappa shape index (κ3) is 6.30. The molecule has 36 heavy (non-hydrogen) atoms. The number of benzene rings is 1. The van der Waals surface area contributed by atoms with Gasteiger partial charge in [-0.1, -0.05) is 18.9 Å². The minimum absolute atomic E-state index is 0.104. The van der Waals surface area contributed by atoms with Gasteiger partial charge in [-0.25, -0.2) is 0 Å². The van der Waals surface area contributed by atoms with Crippen molar-refractivity contribution in [1.29, 1.82) is 5.26 Å². The van der Waals surface area contributed by atoms with Crippen LogP contribution in [0.1, 0.15) is 42.6 Å². The maximum Gasteiger partial charge on any atom is 0.268 e. The van der Waals surface area contributed by atoms with Crippen LogP contribution in [-0.4, -0.2) is 65.4 Å². The lowest BCUT2D eigenvalue weighted by atomic mass is 9.95. The minimum Gasteiger partial charge on any atom is -0.496 e. The molecule has 11 heteroatoms. The van der Waals surface area contributed by atoms with Gasteiger partial charge in [-0.15, -0.1) is 0 Å². The number of thiocyanates is 1. The zero-order valence-electron chi connectivity index (χ0n) is 20.1. The third-order valence-corrected chi connectivity index (χ3v) is 7.43. The largest absolute Gasteiger partial charge is 0.496 e. The Morgan fingerprint density at radius 2 is 2.08 bits per heavy atom. The van der Waals surface area contributed by atoms with Crippen molar-refractivity contribution in [1.82, 2.24) is 20.9 Å². The highest BCUT2D eigenvalue weighted by atomic mass is 32.2. The van der Waals surface area contributed by atoms with E-state index in [0.717, 1.165) is 35.5 Å². The summed E-state index contributed by atoms with van der Waals surface area (Å²) in [5, 5.41) is 30.7. The summed E-state index contributed by atoms with van der Waals surface area (Å²) in [6.45, 7) is 0.558. The molecular weight excluding hydrogens is 482 g/mol. The van der Waals surface area contributed by atoms with Crippen LogP contribution in [0.5, 0.6) is 5.75 Å². The molecule has 2 aromatic rings. The lowest BCUT2D eigenvalue weighted by molar-refractivity contribution is -0.126. The molecule has 2 aliphatic rings. The smallest absolute Gasteiger partial charge is 0.268 e. The Morgan fingerprint density at radius 1 is 1.28 bits per heavy atom. The topological polar surface area (TPSA) is 156 Å². The van der Waals surface area contributed by atoms with Crippen molar-refractivity contribution in [2.75, 3.05) is 19.4 Å². The number of ether oxygens (including phenoxy) is 1. The molecule has 1 saturated carbocycles. The molecule has 1 aromatic heterocycles. The Balaban J connectivity index is 1.48. The summed E-state index contributed by atoms with van der Waals surface area (Å²) in [7, 11) is 1.56. The van der Waals surface area contributed by atoms with E-state index in [1.807, 2.05) is 23.6 Å². The zero-order chi connectivity index (χ0) is 25.7. The normalized spacial score (nSPS) is 19.7. The van der Waals surface area contributed by atoms with Crippen molar-refractivity contribution in [3.63, 3.8) is 0 Å². The number of nitrogens with one attached hydrogen (secondary N) is 4. The monoisotopic (exact) mass is 513 g/mol. The Bertz CT molecular complexity index is 1160. The number of aromatic nitrogens is 1. The van der Waals surface area contributed by atoms with Crippen LogP contribution in [0.25, 0.3) is 10.9 Å². The molecule has 0 radical (unpaired) electrons. The van der Waals surface area contributed by atoms with E-state index in [2.05, 4.69) is 20.9 Å². The van der Waals surface area contributed by atoms with E-state index < -0.39 is 30.0 Å². The van der Waals surface area contributed by atoms with Gasteiger partial charge >= 0.3 is 0 Å². The molecule has 1 aromatic carbocycles. The number of hydrogen-bond donors (Lipinski definition) is 5. The van der Waals surface area contributed by atoms with Gasteiger partial charge in [-0.2, -0.15) is 5.26 Å². The van der Waals surface area contributed by atoms with Gasteiger partial charge in [0.05, 0.1) is 19.3 Å². The van der Waals surface area contributed by atoms with Gasteiger partial charge in [0, 0.05) is 29.1 Å². The first-order chi connectivity index (χ1) is 17.4. The molecule has 0 bridgehead atoms. The van der Waals surface area contributed by atoms with Crippen molar-refractivity contribution in [3.05, 3.63) is 30.0 Å². The van der Waals surface area contributed by atoms with Crippen molar-refractivity contribution >= 4 is 40.4 Å². The summed E-state index contributed by atoms with van der Waals surface area (Å²) in [6.07, 6.45) is 2.35. The number of H-pyrrole nitrogens is 1. The second kappa shape index (κ2) is 11.7. The van der Waals surface area contributed by atoms with E-state index >= 15 is 0 Å². The molecule has 1 aliphatic heterocycles. The van der Waals surface area contributed by atoms with Crippen LogP contribution >= 0.6 is 11.8 Å². The van der Waals surface area contributed by atoms with Crippen LogP contribution in [-0.2, 0) is 9.59 Å². The quantitative estimate of drug-likeness (QED) is 0.270. The summed E-state index contributed by atoms with van der Waals surface area (Å²) in [5.74, 6) is -0.164. The lowest BCUT2D eigenvalue weighted by Crippen LogP contribution is -2.53. The molecule has 10 nitrogen and oxygen atoms in total. The number of methoxy groups -OCH3 is 1. The first kappa shape index (κ1) is 25.9. The number of hydrogen-bond acceptors (Lipinski definition) is 7. The average Bonchev–Trinajstić information content (AvgIpc) is 3.43. The molecule has 2 fully saturated rings. The first-order valence-electron chi connectivity index (χ1n) is 12.1. The molecule has 4 rings (SSSR count). The average molecular weight is 514 g/mol. The van der Waals surface area contributed by atoms with E-state index in [1.165, 1.54) is 0 Å². The maximum absolute atomic E-state index is 13.4. The molecule has 3 amide bonds. The molecule has 192 valence electrons. The maximum atomic E-state index is 13.4. The fraction of sp³-hybridized carbons (Fsp3) is 0.520. The van der Waals surface area contributed by atoms with Gasteiger partial charge in [-0.05, 0) is 55.1 Å². The number of rotatable bonds is 12. The Kier molecular flexibility index (Phi) is 8.38. The fourth-order valence-corrected chi connectivity index (χ4v) is 5.07. The predicted octanol–water partition coefficient (Wildman–Crippen LogP) is 1.66. The molecule has 4 atom stereocenters. The summed E-state index contributed by atoms with van der Waals surface area (Å²) in [6, 6.07) is 5.65. The third-order valence-electron chi connectivity index (χ3n) is 6.79. The van der Waals surface area contributed by atoms with Gasteiger partial charge in [0.25, 0.3) is 5.91 Å². The van der Waals surface area contributed by atoms with Crippen molar-refractivity contribution in [3.8, 4) is 11.2 Å². The van der Waals surface area contributed by atoms with E-state index in [0.29, 0.717) is 36.7 Å². The number of carbonyl (C=O) groups is 3. The van der Waals surface area contributed by atoms with Crippen LogP contribution in [0.4, 0.5) is 0 Å². The van der Waals surface area contributed by atoms with Crippen LogP contribution < -0.4 is 20.7 Å². The molecule has 1 saturated heterocycles. The number of nitrogens with zero attached hydrogens (tertiary/aromatic N) is 1. The second-order valence-corrected chi connectivity index (χ2v) is 10.2. The highest BCUT2D eigenvalue weighted by Crippen LogP contribution is 2.34. The van der Waals surface area contributed by atoms with Crippen molar-refractivity contribution < 1.29 is 24.2 Å². The number of amides is 3. The fourth-order valence-electron chi connectivity index (χ4n) is 4.59. The van der Waals surface area contributed by atoms with Gasteiger partial charge in [0.15, 0.2) is 0 Å². The molecule has 0 spiro atoms. The van der Waals surface area contributed by atoms with Gasteiger partial charge in [0.2, 0.25) is 11.8 Å². The summed E-state index contributed by atoms with van der Waals surface area (Å²) >= 11 is 0.892. The summed E-state index contributed by atoms with van der Waals surface area (Å²) in [5.41, 5.74) is 1.06. The van der Waals surface area contributed by atoms with Crippen molar-refractivity contribution in [2.24, 2.45) is 11.8 Å². The van der Waals surface area contributed by atoms with Gasteiger partial charge in [-0.3, -0.25) is 14.4 Å². The van der Waals surface area contributed by atoms with Crippen LogP contribution in [0.2, 0.25) is 0 Å². The van der Waals surface area contributed by atoms with E-state index in [-0.39, 0.29) is 24.0 Å². The number of carbonyl (C=O) groups excluding carboxylic acids is 3. The van der Waals surface area contributed by atoms with Gasteiger partial charge in [0.1, 0.15) is 22.9 Å². The Labute approximate surface area is 213 Å². The number of thioether (sulfide) groups is 1. The summed E-state index contributed by atoms with van der Waals surface area (Å²) < 4.78 is 5.37. The second-order valence-electron chi connectivity index (χ2n) is 9.41. The minimum atomic E-state index is -1.01. The van der Waals surface area contributed by atoms with Crippen LogP contribution in [0.15, 0.2) is 24.3 Å². The molecule has 5 N–H and O–H groups in total. The number of nitriles is 1. The van der Waals surface area contributed by atoms with E-state index in [4.69, 9.17) is 10.00 Å². The number of aliphatic hydroxyl groups is 1.